The molecule has 0 aromatic heterocycles. The molecule has 1 saturated heterocycles. The van der Waals surface area contributed by atoms with Crippen LogP contribution < -0.4 is 0 Å². The molecular weight excluding hydrogens is 261 g/mol. The van der Waals surface area contributed by atoms with Gasteiger partial charge in [0.15, 0.2) is 0 Å². The van der Waals surface area contributed by atoms with E-state index in [0.29, 0.717) is 31.9 Å². The highest BCUT2D eigenvalue weighted by Gasteiger charge is 2.24. The summed E-state index contributed by atoms with van der Waals surface area (Å²) in [5, 5.41) is 0. The molecule has 0 spiro atoms. The molecule has 0 atom stereocenters. The highest BCUT2D eigenvalue weighted by Crippen LogP contribution is 2.16. The number of hydrogen-bond acceptors (Lipinski definition) is 3. The molecule has 110 valence electrons. The van der Waals surface area contributed by atoms with E-state index in [-0.39, 0.29) is 17.8 Å². The topological polar surface area (TPSA) is 38.8 Å². The summed E-state index contributed by atoms with van der Waals surface area (Å²) in [7, 11) is 1.64. The van der Waals surface area contributed by atoms with Crippen LogP contribution in [0.2, 0.25) is 0 Å². The molecule has 1 amide bonds. The number of amides is 1. The molecule has 1 aliphatic heterocycles. The number of ether oxygens (including phenoxy) is 2. The molecule has 5 heteroatoms. The summed E-state index contributed by atoms with van der Waals surface area (Å²) in [5.74, 6) is -0.492. The molecule has 4 nitrogen and oxygen atoms in total. The van der Waals surface area contributed by atoms with Crippen molar-refractivity contribution in [1.29, 1.82) is 0 Å². The summed E-state index contributed by atoms with van der Waals surface area (Å²) < 4.78 is 23.7. The van der Waals surface area contributed by atoms with Gasteiger partial charge in [-0.2, -0.15) is 0 Å². The van der Waals surface area contributed by atoms with E-state index in [0.717, 1.165) is 12.8 Å². The Morgan fingerprint density at radius 2 is 2.10 bits per heavy atom. The minimum Gasteiger partial charge on any atom is -0.382 e. The van der Waals surface area contributed by atoms with E-state index >= 15 is 0 Å². The van der Waals surface area contributed by atoms with Crippen LogP contribution in [0.1, 0.15) is 23.2 Å². The molecule has 0 radical (unpaired) electrons. The average molecular weight is 281 g/mol. The summed E-state index contributed by atoms with van der Waals surface area (Å²) in [6.45, 7) is 2.46. The van der Waals surface area contributed by atoms with Crippen LogP contribution in [0, 0.1) is 5.82 Å². The first-order valence-corrected chi connectivity index (χ1v) is 6.86. The van der Waals surface area contributed by atoms with Crippen molar-refractivity contribution in [2.45, 2.75) is 18.9 Å². The van der Waals surface area contributed by atoms with Crippen LogP contribution in [0.5, 0.6) is 0 Å². The zero-order valence-corrected chi connectivity index (χ0v) is 11.7. The third-order valence-corrected chi connectivity index (χ3v) is 3.44. The summed E-state index contributed by atoms with van der Waals surface area (Å²) in [4.78, 5) is 14.0. The van der Waals surface area contributed by atoms with E-state index < -0.39 is 0 Å². The van der Waals surface area contributed by atoms with Crippen LogP contribution >= 0.6 is 0 Å². The van der Waals surface area contributed by atoms with Gasteiger partial charge in [0.25, 0.3) is 5.91 Å². The van der Waals surface area contributed by atoms with Gasteiger partial charge in [-0.3, -0.25) is 4.79 Å². The first kappa shape index (κ1) is 14.9. The SMILES string of the molecule is COCCOC1CCN(C(=O)c2cccc(F)c2)CC1. The monoisotopic (exact) mass is 281 g/mol. The van der Waals surface area contributed by atoms with Crippen LogP contribution in [0.4, 0.5) is 4.39 Å². The molecule has 2 rings (SSSR count). The van der Waals surface area contributed by atoms with Crippen LogP contribution in [-0.2, 0) is 9.47 Å². The first-order valence-electron chi connectivity index (χ1n) is 6.86. The zero-order valence-electron chi connectivity index (χ0n) is 11.7. The Morgan fingerprint density at radius 1 is 1.35 bits per heavy atom. The molecule has 0 saturated carbocycles. The van der Waals surface area contributed by atoms with E-state index in [2.05, 4.69) is 0 Å². The summed E-state index contributed by atoms with van der Waals surface area (Å²) in [6.07, 6.45) is 1.80. The van der Waals surface area contributed by atoms with E-state index in [9.17, 15) is 9.18 Å². The van der Waals surface area contributed by atoms with Gasteiger partial charge in [0.05, 0.1) is 19.3 Å². The molecular formula is C15H20FNO3. The van der Waals surface area contributed by atoms with Gasteiger partial charge in [0.1, 0.15) is 5.82 Å². The number of likely N-dealkylation sites (tertiary alicyclic amines) is 1. The Labute approximate surface area is 118 Å². The molecule has 1 aromatic carbocycles. The fourth-order valence-corrected chi connectivity index (χ4v) is 2.33. The molecule has 1 aromatic rings. The number of carbonyl (C=O) groups is 1. The highest BCUT2D eigenvalue weighted by atomic mass is 19.1. The number of benzene rings is 1. The van der Waals surface area contributed by atoms with Gasteiger partial charge in [0, 0.05) is 25.8 Å². The summed E-state index contributed by atoms with van der Waals surface area (Å²) >= 11 is 0. The van der Waals surface area contributed by atoms with Crippen LogP contribution in [0.15, 0.2) is 24.3 Å². The van der Waals surface area contributed by atoms with Crippen LogP contribution in [0.3, 0.4) is 0 Å². The highest BCUT2D eigenvalue weighted by molar-refractivity contribution is 5.94. The maximum atomic E-state index is 13.1. The molecule has 0 bridgehead atoms. The van der Waals surface area contributed by atoms with Crippen molar-refractivity contribution in [2.24, 2.45) is 0 Å². The van der Waals surface area contributed by atoms with E-state index in [4.69, 9.17) is 9.47 Å². The second-order valence-electron chi connectivity index (χ2n) is 4.87. The number of carbonyl (C=O) groups excluding carboxylic acids is 1. The summed E-state index contributed by atoms with van der Waals surface area (Å²) in [6, 6.07) is 5.83. The first-order chi connectivity index (χ1) is 9.70. The third-order valence-electron chi connectivity index (χ3n) is 3.44. The minimum absolute atomic E-state index is 0.111. The maximum absolute atomic E-state index is 13.1. The smallest absolute Gasteiger partial charge is 0.253 e. The Hall–Kier alpha value is -1.46. The second-order valence-corrected chi connectivity index (χ2v) is 4.87. The van der Waals surface area contributed by atoms with Crippen LogP contribution in [0.25, 0.3) is 0 Å². The lowest BCUT2D eigenvalue weighted by Gasteiger charge is -2.32. The fraction of sp³-hybridized carbons (Fsp3) is 0.533. The van der Waals surface area contributed by atoms with Crippen molar-refractivity contribution in [3.63, 3.8) is 0 Å². The van der Waals surface area contributed by atoms with Crippen LogP contribution in [-0.4, -0.2) is 50.3 Å². The van der Waals surface area contributed by atoms with Crippen molar-refractivity contribution in [1.82, 2.24) is 4.90 Å². The molecule has 0 aliphatic carbocycles. The second kappa shape index (κ2) is 7.36. The zero-order chi connectivity index (χ0) is 14.4. The van der Waals surface area contributed by atoms with Crippen molar-refractivity contribution in [2.75, 3.05) is 33.4 Å². The van der Waals surface area contributed by atoms with E-state index in [1.54, 1.807) is 24.1 Å². The lowest BCUT2D eigenvalue weighted by molar-refractivity contribution is -0.0122. The Balaban J connectivity index is 1.83. The molecule has 20 heavy (non-hydrogen) atoms. The number of hydrogen-bond donors (Lipinski definition) is 0. The average Bonchev–Trinajstić information content (AvgIpc) is 2.47. The number of nitrogens with zero attached hydrogens (tertiary/aromatic N) is 1. The standard InChI is InChI=1S/C15H20FNO3/c1-19-9-10-20-14-5-7-17(8-6-14)15(18)12-3-2-4-13(16)11-12/h2-4,11,14H,5-10H2,1H3. The molecule has 0 N–H and O–H groups in total. The number of halogens is 1. The molecule has 0 unspecified atom stereocenters. The number of rotatable bonds is 5. The van der Waals surface area contributed by atoms with Crippen molar-refractivity contribution in [3.05, 3.63) is 35.6 Å². The van der Waals surface area contributed by atoms with Crippen molar-refractivity contribution in [3.8, 4) is 0 Å². The maximum Gasteiger partial charge on any atom is 0.253 e. The van der Waals surface area contributed by atoms with Gasteiger partial charge in [0.2, 0.25) is 0 Å². The predicted octanol–water partition coefficient (Wildman–Crippen LogP) is 2.09. The predicted molar refractivity (Wildman–Crippen MR) is 73.2 cm³/mol. The third kappa shape index (κ3) is 4.02. The Morgan fingerprint density at radius 3 is 2.75 bits per heavy atom. The lowest BCUT2D eigenvalue weighted by atomic mass is 10.1. The fourth-order valence-electron chi connectivity index (χ4n) is 2.33. The molecule has 1 aliphatic rings. The van der Waals surface area contributed by atoms with Gasteiger partial charge in [-0.25, -0.2) is 4.39 Å². The van der Waals surface area contributed by atoms with Crippen molar-refractivity contribution < 1.29 is 18.7 Å². The van der Waals surface area contributed by atoms with E-state index in [1.807, 2.05) is 0 Å². The van der Waals surface area contributed by atoms with Gasteiger partial charge >= 0.3 is 0 Å². The lowest BCUT2D eigenvalue weighted by Crippen LogP contribution is -2.41. The van der Waals surface area contributed by atoms with Gasteiger partial charge in [-0.05, 0) is 31.0 Å². The molecule has 1 fully saturated rings. The quantitative estimate of drug-likeness (QED) is 0.776. The number of methoxy groups -OCH3 is 1. The minimum atomic E-state index is -0.381. The number of piperidine rings is 1. The van der Waals surface area contributed by atoms with E-state index in [1.165, 1.54) is 12.1 Å². The van der Waals surface area contributed by atoms with Gasteiger partial charge in [-0.1, -0.05) is 6.07 Å². The Kier molecular flexibility index (Phi) is 5.49. The largest absolute Gasteiger partial charge is 0.382 e. The summed E-state index contributed by atoms with van der Waals surface area (Å²) in [5.41, 5.74) is 0.406. The van der Waals surface area contributed by atoms with Gasteiger partial charge < -0.3 is 14.4 Å². The van der Waals surface area contributed by atoms with Crippen molar-refractivity contribution >= 4 is 5.91 Å². The van der Waals surface area contributed by atoms with Gasteiger partial charge in [-0.15, -0.1) is 0 Å². The molecule has 1 heterocycles. The normalized spacial score (nSPS) is 16.4. The Bertz CT molecular complexity index is 444.